The minimum atomic E-state index is -0.751. The summed E-state index contributed by atoms with van der Waals surface area (Å²) in [6.45, 7) is 1.56. The second-order valence-electron chi connectivity index (χ2n) is 5.50. The number of hydrogen-bond acceptors (Lipinski definition) is 2. The molecule has 1 heterocycles. The van der Waals surface area contributed by atoms with Crippen LogP contribution >= 0.6 is 0 Å². The van der Waals surface area contributed by atoms with Gasteiger partial charge in [0.1, 0.15) is 23.2 Å². The second-order valence-corrected chi connectivity index (χ2v) is 5.50. The van der Waals surface area contributed by atoms with Gasteiger partial charge in [-0.1, -0.05) is 18.2 Å². The molecule has 2 aromatic carbocycles. The fraction of sp³-hybridized carbons (Fsp3) is 0.105. The van der Waals surface area contributed by atoms with E-state index in [2.05, 4.69) is 5.32 Å². The van der Waals surface area contributed by atoms with Gasteiger partial charge in [-0.2, -0.15) is 0 Å². The Labute approximate surface area is 142 Å². The van der Waals surface area contributed by atoms with Crippen molar-refractivity contribution in [1.29, 1.82) is 0 Å². The number of benzene rings is 2. The largest absolute Gasteiger partial charge is 0.451 e. The number of nitrogens with one attached hydrogen (secondary N) is 1. The van der Waals surface area contributed by atoms with E-state index >= 15 is 0 Å². The van der Waals surface area contributed by atoms with Crippen molar-refractivity contribution in [1.82, 2.24) is 5.32 Å². The molecule has 128 valence electrons. The summed E-state index contributed by atoms with van der Waals surface area (Å²) in [5.41, 5.74) is 0.384. The molecule has 3 aromatic rings. The number of amides is 1. The maximum absolute atomic E-state index is 13.8. The van der Waals surface area contributed by atoms with Crippen LogP contribution in [0.25, 0.3) is 11.3 Å². The average Bonchev–Trinajstić information content (AvgIpc) is 3.05. The molecule has 1 N–H and O–H groups in total. The molecule has 6 heteroatoms. The van der Waals surface area contributed by atoms with Crippen LogP contribution in [0.4, 0.5) is 13.2 Å². The minimum Gasteiger partial charge on any atom is -0.451 e. The highest BCUT2D eigenvalue weighted by Crippen LogP contribution is 2.25. The third kappa shape index (κ3) is 3.57. The first-order valence-electron chi connectivity index (χ1n) is 7.56. The molecule has 0 radical (unpaired) electrons. The summed E-state index contributed by atoms with van der Waals surface area (Å²) in [5, 5.41) is 2.56. The topological polar surface area (TPSA) is 42.2 Å². The lowest BCUT2D eigenvalue weighted by molar-refractivity contribution is 0.0912. The fourth-order valence-corrected chi connectivity index (χ4v) is 2.46. The highest BCUT2D eigenvalue weighted by atomic mass is 19.1. The van der Waals surface area contributed by atoms with Crippen molar-refractivity contribution in [3.8, 4) is 11.3 Å². The van der Waals surface area contributed by atoms with E-state index in [1.54, 1.807) is 19.1 Å². The first-order chi connectivity index (χ1) is 12.0. The van der Waals surface area contributed by atoms with Crippen molar-refractivity contribution < 1.29 is 22.4 Å². The molecule has 0 aliphatic rings. The van der Waals surface area contributed by atoms with E-state index in [0.29, 0.717) is 0 Å². The van der Waals surface area contributed by atoms with E-state index in [4.69, 9.17) is 4.42 Å². The third-order valence-corrected chi connectivity index (χ3v) is 3.75. The van der Waals surface area contributed by atoms with Gasteiger partial charge >= 0.3 is 0 Å². The first kappa shape index (κ1) is 16.8. The molecule has 0 fully saturated rings. The Balaban J connectivity index is 1.77. The van der Waals surface area contributed by atoms with E-state index in [9.17, 15) is 18.0 Å². The lowest BCUT2D eigenvalue weighted by Gasteiger charge is -2.14. The number of rotatable bonds is 4. The van der Waals surface area contributed by atoms with Crippen molar-refractivity contribution in [2.45, 2.75) is 13.0 Å². The van der Waals surface area contributed by atoms with Gasteiger partial charge in [0.2, 0.25) is 0 Å². The number of halogens is 3. The fourth-order valence-electron chi connectivity index (χ4n) is 2.46. The van der Waals surface area contributed by atoms with Gasteiger partial charge in [-0.05, 0) is 37.3 Å². The molecule has 0 unspecified atom stereocenters. The van der Waals surface area contributed by atoms with Gasteiger partial charge in [-0.15, -0.1) is 0 Å². The molecular formula is C19H14F3NO2. The lowest BCUT2D eigenvalue weighted by atomic mass is 10.1. The molecule has 0 aliphatic heterocycles. The maximum atomic E-state index is 13.8. The summed E-state index contributed by atoms with van der Waals surface area (Å²) in [6, 6.07) is 11.3. The standard InChI is InChI=1S/C19H14F3NO2/c1-11(13-7-6-12(20)10-16(13)22)23-19(24)18-9-8-17(25-18)14-4-2-3-5-15(14)21/h2-11H,1H3,(H,23,24)/t11-/m0/s1. The average molecular weight is 345 g/mol. The molecule has 0 spiro atoms. The van der Waals surface area contributed by atoms with E-state index in [0.717, 1.165) is 12.1 Å². The molecule has 0 aliphatic carbocycles. The molecular weight excluding hydrogens is 331 g/mol. The van der Waals surface area contributed by atoms with Crippen molar-refractivity contribution in [2.24, 2.45) is 0 Å². The summed E-state index contributed by atoms with van der Waals surface area (Å²) >= 11 is 0. The van der Waals surface area contributed by atoms with E-state index in [1.807, 2.05) is 0 Å². The zero-order valence-corrected chi connectivity index (χ0v) is 13.2. The van der Waals surface area contributed by atoms with E-state index < -0.39 is 29.4 Å². The van der Waals surface area contributed by atoms with Gasteiger partial charge in [0.15, 0.2) is 5.76 Å². The van der Waals surface area contributed by atoms with Crippen molar-refractivity contribution >= 4 is 5.91 Å². The number of carbonyl (C=O) groups excluding carboxylic acids is 1. The van der Waals surface area contributed by atoms with Gasteiger partial charge in [0.05, 0.1) is 11.6 Å². The Morgan fingerprint density at radius 1 is 1.00 bits per heavy atom. The predicted molar refractivity (Wildman–Crippen MR) is 86.3 cm³/mol. The Morgan fingerprint density at radius 3 is 2.48 bits per heavy atom. The highest BCUT2D eigenvalue weighted by Gasteiger charge is 2.18. The van der Waals surface area contributed by atoms with Gasteiger partial charge in [-0.25, -0.2) is 13.2 Å². The van der Waals surface area contributed by atoms with E-state index in [-0.39, 0.29) is 22.6 Å². The van der Waals surface area contributed by atoms with Crippen molar-refractivity contribution in [2.75, 3.05) is 0 Å². The second kappa shape index (κ2) is 6.84. The van der Waals surface area contributed by atoms with E-state index in [1.165, 1.54) is 30.3 Å². The summed E-state index contributed by atoms with van der Waals surface area (Å²) in [7, 11) is 0. The predicted octanol–water partition coefficient (Wildman–Crippen LogP) is 4.85. The summed E-state index contributed by atoms with van der Waals surface area (Å²) < 4.78 is 45.9. The molecule has 1 aromatic heterocycles. The molecule has 3 nitrogen and oxygen atoms in total. The highest BCUT2D eigenvalue weighted by molar-refractivity contribution is 5.92. The summed E-state index contributed by atoms with van der Waals surface area (Å²) in [4.78, 5) is 12.2. The van der Waals surface area contributed by atoms with Crippen molar-refractivity contribution in [3.05, 3.63) is 83.4 Å². The molecule has 1 amide bonds. The van der Waals surface area contributed by atoms with Crippen LogP contribution in [-0.4, -0.2) is 5.91 Å². The van der Waals surface area contributed by atoms with Gasteiger partial charge < -0.3 is 9.73 Å². The van der Waals surface area contributed by atoms with Crippen LogP contribution in [0.2, 0.25) is 0 Å². The van der Waals surface area contributed by atoms with Gasteiger partial charge in [0.25, 0.3) is 5.91 Å². The van der Waals surface area contributed by atoms with Crippen LogP contribution in [0.3, 0.4) is 0 Å². The quantitative estimate of drug-likeness (QED) is 0.734. The monoisotopic (exact) mass is 345 g/mol. The number of carbonyl (C=O) groups is 1. The van der Waals surface area contributed by atoms with Crippen LogP contribution in [0.1, 0.15) is 29.1 Å². The lowest BCUT2D eigenvalue weighted by Crippen LogP contribution is -2.26. The SMILES string of the molecule is C[C@H](NC(=O)c1ccc(-c2ccccc2F)o1)c1ccc(F)cc1F. The normalized spacial score (nSPS) is 12.0. The first-order valence-corrected chi connectivity index (χ1v) is 7.56. The van der Waals surface area contributed by atoms with Crippen LogP contribution in [0.5, 0.6) is 0 Å². The van der Waals surface area contributed by atoms with Crippen molar-refractivity contribution in [3.63, 3.8) is 0 Å². The maximum Gasteiger partial charge on any atom is 0.287 e. The zero-order valence-electron chi connectivity index (χ0n) is 13.2. The molecule has 0 saturated carbocycles. The zero-order chi connectivity index (χ0) is 18.0. The Kier molecular flexibility index (Phi) is 4.61. The van der Waals surface area contributed by atoms with Gasteiger partial charge in [-0.3, -0.25) is 4.79 Å². The van der Waals surface area contributed by atoms with Crippen LogP contribution in [-0.2, 0) is 0 Å². The third-order valence-electron chi connectivity index (χ3n) is 3.75. The Hall–Kier alpha value is -3.02. The number of furan rings is 1. The number of hydrogen-bond donors (Lipinski definition) is 1. The molecule has 1 atom stereocenters. The van der Waals surface area contributed by atoms with Crippen LogP contribution in [0, 0.1) is 17.5 Å². The smallest absolute Gasteiger partial charge is 0.287 e. The molecule has 0 bridgehead atoms. The summed E-state index contributed by atoms with van der Waals surface area (Å²) in [5.74, 6) is -2.32. The Bertz CT molecular complexity index is 921. The minimum absolute atomic E-state index is 0.0346. The van der Waals surface area contributed by atoms with Crippen LogP contribution < -0.4 is 5.32 Å². The Morgan fingerprint density at radius 2 is 1.76 bits per heavy atom. The summed E-state index contributed by atoms with van der Waals surface area (Å²) in [6.07, 6.45) is 0. The van der Waals surface area contributed by atoms with Gasteiger partial charge in [0, 0.05) is 11.6 Å². The van der Waals surface area contributed by atoms with Crippen LogP contribution in [0.15, 0.2) is 59.0 Å². The molecule has 3 rings (SSSR count). The molecule has 0 saturated heterocycles. The molecule has 25 heavy (non-hydrogen) atoms.